The van der Waals surface area contributed by atoms with E-state index >= 15 is 0 Å². The Balaban J connectivity index is 1.73. The van der Waals surface area contributed by atoms with Crippen LogP contribution in [0, 0.1) is 5.82 Å². The first-order chi connectivity index (χ1) is 8.75. The lowest BCUT2D eigenvalue weighted by Gasteiger charge is -2.26. The third-order valence-corrected chi connectivity index (χ3v) is 3.74. The predicted octanol–water partition coefficient (Wildman–Crippen LogP) is 1.92. The molecule has 0 spiro atoms. The molecule has 98 valence electrons. The minimum absolute atomic E-state index is 0.139. The minimum atomic E-state index is -0.229. The van der Waals surface area contributed by atoms with E-state index in [4.69, 9.17) is 4.74 Å². The normalized spacial score (nSPS) is 15.7. The fourth-order valence-electron chi connectivity index (χ4n) is 1.79. The number of thioether (sulfide) groups is 1. The SMILES string of the molecule is O=C(CSCc1cccc(F)c1)N1CCOCC1. The molecular formula is C13H16FNO2S. The first kappa shape index (κ1) is 13.4. The van der Waals surface area contributed by atoms with Crippen molar-refractivity contribution >= 4 is 17.7 Å². The molecule has 0 bridgehead atoms. The molecule has 5 heteroatoms. The van der Waals surface area contributed by atoms with Crippen LogP contribution in [0.5, 0.6) is 0 Å². The number of benzene rings is 1. The van der Waals surface area contributed by atoms with Gasteiger partial charge in [0.2, 0.25) is 5.91 Å². The van der Waals surface area contributed by atoms with Crippen LogP contribution in [0.15, 0.2) is 24.3 Å². The Bertz CT molecular complexity index is 408. The van der Waals surface area contributed by atoms with Crippen LogP contribution in [-0.2, 0) is 15.3 Å². The lowest BCUT2D eigenvalue weighted by Crippen LogP contribution is -2.41. The monoisotopic (exact) mass is 269 g/mol. The van der Waals surface area contributed by atoms with Gasteiger partial charge in [-0.25, -0.2) is 4.39 Å². The second-order valence-electron chi connectivity index (χ2n) is 4.12. The van der Waals surface area contributed by atoms with Crippen molar-refractivity contribution in [2.75, 3.05) is 32.1 Å². The molecule has 1 fully saturated rings. The molecular weight excluding hydrogens is 253 g/mol. The van der Waals surface area contributed by atoms with Crippen molar-refractivity contribution in [3.63, 3.8) is 0 Å². The Morgan fingerprint density at radius 3 is 2.89 bits per heavy atom. The number of morpholine rings is 1. The quantitative estimate of drug-likeness (QED) is 0.836. The average Bonchev–Trinajstić information content (AvgIpc) is 2.40. The molecule has 0 aromatic heterocycles. The fourth-order valence-corrected chi connectivity index (χ4v) is 2.66. The molecule has 0 N–H and O–H groups in total. The van der Waals surface area contributed by atoms with E-state index in [0.29, 0.717) is 37.8 Å². The number of nitrogens with zero attached hydrogens (tertiary/aromatic N) is 1. The zero-order valence-electron chi connectivity index (χ0n) is 10.1. The number of hydrogen-bond donors (Lipinski definition) is 0. The van der Waals surface area contributed by atoms with Crippen LogP contribution in [0.4, 0.5) is 4.39 Å². The third-order valence-electron chi connectivity index (χ3n) is 2.75. The number of rotatable bonds is 4. The van der Waals surface area contributed by atoms with E-state index in [1.54, 1.807) is 6.07 Å². The summed E-state index contributed by atoms with van der Waals surface area (Å²) in [4.78, 5) is 13.7. The smallest absolute Gasteiger partial charge is 0.232 e. The number of ether oxygens (including phenoxy) is 1. The highest BCUT2D eigenvalue weighted by Gasteiger charge is 2.16. The Morgan fingerprint density at radius 2 is 2.17 bits per heavy atom. The highest BCUT2D eigenvalue weighted by molar-refractivity contribution is 7.99. The average molecular weight is 269 g/mol. The summed E-state index contributed by atoms with van der Waals surface area (Å²) in [6, 6.07) is 6.49. The van der Waals surface area contributed by atoms with Gasteiger partial charge in [0, 0.05) is 18.8 Å². The minimum Gasteiger partial charge on any atom is -0.378 e. The summed E-state index contributed by atoms with van der Waals surface area (Å²) in [5.74, 6) is 1.01. The summed E-state index contributed by atoms with van der Waals surface area (Å²) in [5, 5.41) is 0. The van der Waals surface area contributed by atoms with E-state index < -0.39 is 0 Å². The molecule has 0 unspecified atom stereocenters. The third kappa shape index (κ3) is 3.99. The van der Waals surface area contributed by atoms with Crippen LogP contribution >= 0.6 is 11.8 Å². The first-order valence-corrected chi connectivity index (χ1v) is 7.09. The molecule has 2 rings (SSSR count). The van der Waals surface area contributed by atoms with Gasteiger partial charge >= 0.3 is 0 Å². The van der Waals surface area contributed by atoms with Crippen LogP contribution in [0.3, 0.4) is 0 Å². The van der Waals surface area contributed by atoms with Crippen molar-refractivity contribution in [1.82, 2.24) is 4.90 Å². The van der Waals surface area contributed by atoms with Crippen LogP contribution in [0.2, 0.25) is 0 Å². The van der Waals surface area contributed by atoms with Crippen molar-refractivity contribution in [1.29, 1.82) is 0 Å². The highest BCUT2D eigenvalue weighted by Crippen LogP contribution is 2.14. The molecule has 0 radical (unpaired) electrons. The zero-order chi connectivity index (χ0) is 12.8. The van der Waals surface area contributed by atoms with Gasteiger partial charge in [0.15, 0.2) is 0 Å². The predicted molar refractivity (Wildman–Crippen MR) is 70.0 cm³/mol. The maximum atomic E-state index is 12.9. The Labute approximate surface area is 110 Å². The summed E-state index contributed by atoms with van der Waals surface area (Å²) >= 11 is 1.52. The molecule has 3 nitrogen and oxygen atoms in total. The number of halogens is 1. The number of hydrogen-bond acceptors (Lipinski definition) is 3. The van der Waals surface area contributed by atoms with Crippen LogP contribution in [-0.4, -0.2) is 42.9 Å². The van der Waals surface area contributed by atoms with E-state index in [1.165, 1.54) is 23.9 Å². The van der Waals surface area contributed by atoms with Crippen LogP contribution in [0.1, 0.15) is 5.56 Å². The van der Waals surface area contributed by atoms with E-state index in [9.17, 15) is 9.18 Å². The molecule has 1 aliphatic rings. The van der Waals surface area contributed by atoms with Crippen molar-refractivity contribution in [2.45, 2.75) is 5.75 Å². The van der Waals surface area contributed by atoms with E-state index in [0.717, 1.165) is 5.56 Å². The molecule has 1 aliphatic heterocycles. The van der Waals surface area contributed by atoms with Crippen molar-refractivity contribution < 1.29 is 13.9 Å². The summed E-state index contributed by atoms with van der Waals surface area (Å²) in [6.45, 7) is 2.61. The number of carbonyl (C=O) groups excluding carboxylic acids is 1. The summed E-state index contributed by atoms with van der Waals surface area (Å²) < 4.78 is 18.1. The molecule has 0 saturated carbocycles. The fraction of sp³-hybridized carbons (Fsp3) is 0.462. The van der Waals surface area contributed by atoms with Crippen LogP contribution < -0.4 is 0 Å². The van der Waals surface area contributed by atoms with Gasteiger partial charge < -0.3 is 9.64 Å². The van der Waals surface area contributed by atoms with Gasteiger partial charge in [-0.3, -0.25) is 4.79 Å². The van der Waals surface area contributed by atoms with Crippen molar-refractivity contribution in [2.24, 2.45) is 0 Å². The standard InChI is InChI=1S/C13H16FNO2S/c14-12-3-1-2-11(8-12)9-18-10-13(16)15-4-6-17-7-5-15/h1-3,8H,4-7,9-10H2. The maximum Gasteiger partial charge on any atom is 0.232 e. The number of amides is 1. The molecule has 1 saturated heterocycles. The van der Waals surface area contributed by atoms with Gasteiger partial charge in [0.05, 0.1) is 19.0 Å². The van der Waals surface area contributed by atoms with Gasteiger partial charge in [-0.05, 0) is 17.7 Å². The van der Waals surface area contributed by atoms with Gasteiger partial charge in [0.25, 0.3) is 0 Å². The Kier molecular flexibility index (Phi) is 5.01. The molecule has 1 heterocycles. The first-order valence-electron chi connectivity index (χ1n) is 5.93. The number of carbonyl (C=O) groups is 1. The second kappa shape index (κ2) is 6.75. The molecule has 18 heavy (non-hydrogen) atoms. The topological polar surface area (TPSA) is 29.5 Å². The summed E-state index contributed by atoms with van der Waals surface area (Å²) in [5.41, 5.74) is 0.912. The van der Waals surface area contributed by atoms with E-state index in [1.807, 2.05) is 11.0 Å². The lowest BCUT2D eigenvalue weighted by atomic mass is 10.2. The highest BCUT2D eigenvalue weighted by atomic mass is 32.2. The zero-order valence-corrected chi connectivity index (χ0v) is 10.9. The molecule has 0 aliphatic carbocycles. The van der Waals surface area contributed by atoms with Gasteiger partial charge in [0.1, 0.15) is 5.82 Å². The van der Waals surface area contributed by atoms with Crippen molar-refractivity contribution in [3.05, 3.63) is 35.6 Å². The largest absolute Gasteiger partial charge is 0.378 e. The molecule has 1 amide bonds. The maximum absolute atomic E-state index is 12.9. The van der Waals surface area contributed by atoms with Gasteiger partial charge in [-0.2, -0.15) is 0 Å². The summed E-state index contributed by atoms with van der Waals surface area (Å²) in [7, 11) is 0. The lowest BCUT2D eigenvalue weighted by molar-refractivity contribution is -0.132. The molecule has 1 aromatic carbocycles. The summed E-state index contributed by atoms with van der Waals surface area (Å²) in [6.07, 6.45) is 0. The second-order valence-corrected chi connectivity index (χ2v) is 5.10. The molecule has 1 aromatic rings. The van der Waals surface area contributed by atoms with E-state index in [-0.39, 0.29) is 11.7 Å². The van der Waals surface area contributed by atoms with Gasteiger partial charge in [-0.1, -0.05) is 12.1 Å². The van der Waals surface area contributed by atoms with E-state index in [2.05, 4.69) is 0 Å². The van der Waals surface area contributed by atoms with Gasteiger partial charge in [-0.15, -0.1) is 11.8 Å². The molecule has 0 atom stereocenters. The Morgan fingerprint density at radius 1 is 1.39 bits per heavy atom. The van der Waals surface area contributed by atoms with Crippen LogP contribution in [0.25, 0.3) is 0 Å². The Hall–Kier alpha value is -1.07. The van der Waals surface area contributed by atoms with Crippen molar-refractivity contribution in [3.8, 4) is 0 Å².